The van der Waals surface area contributed by atoms with Crippen molar-refractivity contribution in [3.05, 3.63) is 0 Å². The highest BCUT2D eigenvalue weighted by atomic mass is 19.4. The van der Waals surface area contributed by atoms with E-state index in [0.29, 0.717) is 12.6 Å². The normalized spacial score (nSPS) is 28.4. The van der Waals surface area contributed by atoms with Crippen molar-refractivity contribution in [1.82, 2.24) is 14.7 Å². The van der Waals surface area contributed by atoms with Gasteiger partial charge >= 0.3 is 18.2 Å². The Morgan fingerprint density at radius 3 is 2.16 bits per heavy atom. The molecule has 8 nitrogen and oxygen atoms in total. The van der Waals surface area contributed by atoms with E-state index in [1.54, 1.807) is 0 Å². The minimum absolute atomic E-state index is 0.129. The van der Waals surface area contributed by atoms with Crippen LogP contribution in [0, 0.1) is 5.41 Å². The van der Waals surface area contributed by atoms with Gasteiger partial charge in [-0.3, -0.25) is 4.90 Å². The van der Waals surface area contributed by atoms with Crippen LogP contribution in [0.25, 0.3) is 0 Å². The Hall–Kier alpha value is -1.59. The summed E-state index contributed by atoms with van der Waals surface area (Å²) in [6, 6.07) is 0.894. The van der Waals surface area contributed by atoms with Gasteiger partial charge < -0.3 is 24.4 Å². The van der Waals surface area contributed by atoms with Crippen LogP contribution in [0.15, 0.2) is 0 Å². The first-order valence-corrected chi connectivity index (χ1v) is 10.9. The molecule has 2 amide bonds. The first kappa shape index (κ1) is 24.1. The first-order valence-electron chi connectivity index (χ1n) is 10.9. The van der Waals surface area contributed by atoms with E-state index >= 15 is 0 Å². The summed E-state index contributed by atoms with van der Waals surface area (Å²) >= 11 is 0. The molecule has 4 saturated heterocycles. The molecule has 0 saturated carbocycles. The van der Waals surface area contributed by atoms with Crippen molar-refractivity contribution in [2.75, 3.05) is 65.7 Å². The number of carboxylic acids is 1. The molecule has 4 fully saturated rings. The summed E-state index contributed by atoms with van der Waals surface area (Å²) in [4.78, 5) is 28.5. The van der Waals surface area contributed by atoms with Crippen LogP contribution in [0.5, 0.6) is 0 Å². The molecule has 178 valence electrons. The molecule has 11 heteroatoms. The minimum Gasteiger partial charge on any atom is -0.475 e. The lowest BCUT2D eigenvalue weighted by Gasteiger charge is -2.36. The highest BCUT2D eigenvalue weighted by molar-refractivity contribution is 5.75. The molecule has 1 spiro atoms. The number of halogens is 3. The third-order valence-electron chi connectivity index (χ3n) is 6.50. The summed E-state index contributed by atoms with van der Waals surface area (Å²) in [5, 5.41) is 7.12. The third-order valence-corrected chi connectivity index (χ3v) is 6.50. The average molecular weight is 451 g/mol. The largest absolute Gasteiger partial charge is 0.490 e. The fourth-order valence-electron chi connectivity index (χ4n) is 4.84. The average Bonchev–Trinajstić information content (AvgIpc) is 3.36. The van der Waals surface area contributed by atoms with Crippen LogP contribution in [0.4, 0.5) is 18.0 Å². The Morgan fingerprint density at radius 1 is 0.903 bits per heavy atom. The third kappa shape index (κ3) is 6.45. The van der Waals surface area contributed by atoms with Crippen LogP contribution in [0.3, 0.4) is 0 Å². The molecule has 4 rings (SSSR count). The number of carboxylic acid groups (broad SMARTS) is 1. The Balaban J connectivity index is 0.000000339. The number of carbonyl (C=O) groups excluding carboxylic acids is 1. The lowest BCUT2D eigenvalue weighted by atomic mass is 9.87. The SMILES string of the molecule is O=C(N1CCCC1)N1CCOCC2(CCN(C3CCOCC3)C2)C1.O=C(O)C(F)(F)F. The summed E-state index contributed by atoms with van der Waals surface area (Å²) in [6.45, 7) is 8.94. The van der Waals surface area contributed by atoms with Gasteiger partial charge in [0.15, 0.2) is 0 Å². The monoisotopic (exact) mass is 451 g/mol. The fourth-order valence-corrected chi connectivity index (χ4v) is 4.84. The second kappa shape index (κ2) is 10.4. The molecule has 4 aliphatic rings. The van der Waals surface area contributed by atoms with Crippen molar-refractivity contribution in [2.45, 2.75) is 44.3 Å². The Kier molecular flexibility index (Phi) is 8.03. The van der Waals surface area contributed by atoms with E-state index in [4.69, 9.17) is 19.4 Å². The van der Waals surface area contributed by atoms with Gasteiger partial charge in [0.1, 0.15) is 0 Å². The number of urea groups is 1. The maximum atomic E-state index is 12.8. The predicted molar refractivity (Wildman–Crippen MR) is 105 cm³/mol. The number of nitrogens with zero attached hydrogens (tertiary/aromatic N) is 3. The molecule has 31 heavy (non-hydrogen) atoms. The Morgan fingerprint density at radius 2 is 1.55 bits per heavy atom. The number of rotatable bonds is 1. The quantitative estimate of drug-likeness (QED) is 0.657. The van der Waals surface area contributed by atoms with Crippen molar-refractivity contribution >= 4 is 12.0 Å². The fraction of sp³-hybridized carbons (Fsp3) is 0.900. The number of amides is 2. The number of aliphatic carboxylic acids is 1. The molecule has 0 radical (unpaired) electrons. The lowest BCUT2D eigenvalue weighted by molar-refractivity contribution is -0.192. The second-order valence-electron chi connectivity index (χ2n) is 8.82. The van der Waals surface area contributed by atoms with Gasteiger partial charge in [0.2, 0.25) is 0 Å². The maximum absolute atomic E-state index is 12.8. The molecule has 0 aromatic carbocycles. The van der Waals surface area contributed by atoms with Crippen LogP contribution in [0.2, 0.25) is 0 Å². The van der Waals surface area contributed by atoms with Gasteiger partial charge in [-0.25, -0.2) is 9.59 Å². The molecule has 0 aliphatic carbocycles. The van der Waals surface area contributed by atoms with Crippen molar-refractivity contribution in [3.63, 3.8) is 0 Å². The molecule has 0 aromatic rings. The van der Waals surface area contributed by atoms with Gasteiger partial charge in [0.05, 0.1) is 13.2 Å². The van der Waals surface area contributed by atoms with Gasteiger partial charge in [-0.2, -0.15) is 13.2 Å². The first-order chi connectivity index (χ1) is 14.7. The Labute approximate surface area is 180 Å². The zero-order valence-corrected chi connectivity index (χ0v) is 17.7. The van der Waals surface area contributed by atoms with Crippen LogP contribution in [-0.4, -0.2) is 110 Å². The van der Waals surface area contributed by atoms with Crippen LogP contribution >= 0.6 is 0 Å². The number of hydrogen-bond donors (Lipinski definition) is 1. The highest BCUT2D eigenvalue weighted by Gasteiger charge is 2.44. The molecule has 0 bridgehead atoms. The highest BCUT2D eigenvalue weighted by Crippen LogP contribution is 2.36. The van der Waals surface area contributed by atoms with Crippen molar-refractivity contribution in [3.8, 4) is 0 Å². The van der Waals surface area contributed by atoms with E-state index in [2.05, 4.69) is 9.80 Å². The summed E-state index contributed by atoms with van der Waals surface area (Å²) < 4.78 is 43.2. The van der Waals surface area contributed by atoms with E-state index in [-0.39, 0.29) is 11.4 Å². The van der Waals surface area contributed by atoms with E-state index < -0.39 is 12.1 Å². The zero-order valence-electron chi connectivity index (χ0n) is 17.7. The van der Waals surface area contributed by atoms with Crippen LogP contribution in [-0.2, 0) is 14.3 Å². The molecule has 4 heterocycles. The standard InChI is InChI=1S/C18H31N3O3.C2HF3O2/c22-17(19-6-1-2-7-19)21-9-12-24-15-18(14-21)5-8-20(13-18)16-3-10-23-11-4-16;3-2(4,5)1(6)7/h16H,1-15H2;(H,6,7). The minimum atomic E-state index is -5.08. The molecule has 1 N–H and O–H groups in total. The van der Waals surface area contributed by atoms with Gasteiger partial charge in [-0.05, 0) is 38.6 Å². The van der Waals surface area contributed by atoms with E-state index in [0.717, 1.165) is 91.2 Å². The van der Waals surface area contributed by atoms with Crippen molar-refractivity contribution < 1.29 is 37.3 Å². The van der Waals surface area contributed by atoms with Gasteiger partial charge in [0, 0.05) is 57.4 Å². The second-order valence-corrected chi connectivity index (χ2v) is 8.82. The van der Waals surface area contributed by atoms with Gasteiger partial charge in [-0.1, -0.05) is 0 Å². The molecular weight excluding hydrogens is 419 g/mol. The van der Waals surface area contributed by atoms with Crippen molar-refractivity contribution in [1.29, 1.82) is 0 Å². The van der Waals surface area contributed by atoms with E-state index in [1.165, 1.54) is 0 Å². The molecular formula is C20H32F3N3O5. The van der Waals surface area contributed by atoms with Gasteiger partial charge in [0.25, 0.3) is 0 Å². The summed E-state index contributed by atoms with van der Waals surface area (Å²) in [5.74, 6) is -2.76. The summed E-state index contributed by atoms with van der Waals surface area (Å²) in [5.41, 5.74) is 0.129. The van der Waals surface area contributed by atoms with E-state index in [1.807, 2.05) is 4.90 Å². The van der Waals surface area contributed by atoms with Crippen molar-refractivity contribution in [2.24, 2.45) is 5.41 Å². The molecule has 4 aliphatic heterocycles. The number of alkyl halides is 3. The number of ether oxygens (including phenoxy) is 2. The number of likely N-dealkylation sites (tertiary alicyclic amines) is 2. The smallest absolute Gasteiger partial charge is 0.475 e. The topological polar surface area (TPSA) is 82.5 Å². The van der Waals surface area contributed by atoms with Crippen LogP contribution < -0.4 is 0 Å². The number of hydrogen-bond acceptors (Lipinski definition) is 5. The summed E-state index contributed by atoms with van der Waals surface area (Å²) in [6.07, 6.45) is 0.659. The molecule has 1 atom stereocenters. The van der Waals surface area contributed by atoms with Crippen LogP contribution in [0.1, 0.15) is 32.1 Å². The zero-order chi connectivity index (χ0) is 22.5. The molecule has 0 aromatic heterocycles. The lowest BCUT2D eigenvalue weighted by Crippen LogP contribution is -2.48. The Bertz CT molecular complexity index is 624. The van der Waals surface area contributed by atoms with E-state index in [9.17, 15) is 18.0 Å². The predicted octanol–water partition coefficient (Wildman–Crippen LogP) is 2.04. The number of carbonyl (C=O) groups is 2. The molecule has 1 unspecified atom stereocenters. The maximum Gasteiger partial charge on any atom is 0.490 e. The summed E-state index contributed by atoms with van der Waals surface area (Å²) in [7, 11) is 0. The van der Waals surface area contributed by atoms with Gasteiger partial charge in [-0.15, -0.1) is 0 Å².